The van der Waals surface area contributed by atoms with Crippen LogP contribution in [0.5, 0.6) is 0 Å². The van der Waals surface area contributed by atoms with Gasteiger partial charge in [0.15, 0.2) is 14.1 Å². The van der Waals surface area contributed by atoms with Crippen molar-refractivity contribution in [1.82, 2.24) is 9.97 Å². The van der Waals surface area contributed by atoms with Crippen LogP contribution in [-0.2, 0) is 17.3 Å². The second-order valence-corrected chi connectivity index (χ2v) is 13.0. The van der Waals surface area contributed by atoms with Crippen LogP contribution in [0.25, 0.3) is 0 Å². The average Bonchev–Trinajstić information content (AvgIpc) is 2.59. The number of ketones is 1. The van der Waals surface area contributed by atoms with Gasteiger partial charge < -0.3 is 4.43 Å². The third-order valence-corrected chi connectivity index (χ3v) is 9.72. The molecule has 0 saturated heterocycles. The predicted octanol–water partition coefficient (Wildman–Crippen LogP) is 4.86. The highest BCUT2D eigenvalue weighted by atomic mass is 28.4. The van der Waals surface area contributed by atoms with Gasteiger partial charge in [-0.05, 0) is 60.3 Å². The molecule has 5 heteroatoms. The Bertz CT molecular complexity index is 724. The largest absolute Gasteiger partial charge is 0.417 e. The van der Waals surface area contributed by atoms with E-state index in [9.17, 15) is 4.79 Å². The standard InChI is InChI=1S/C21H30N2O2Si/c1-21(2,3)26(4,5)25-14-6-7-18-10-13-23-16-19(18)20(24)15-17-8-11-22-12-9-17/h8-13,16H,6-7,14-15H2,1-5H3. The molecule has 0 atom stereocenters. The second-order valence-electron chi connectivity index (χ2n) is 8.20. The maximum absolute atomic E-state index is 12.7. The highest BCUT2D eigenvalue weighted by Gasteiger charge is 2.36. The van der Waals surface area contributed by atoms with Crippen LogP contribution in [0.1, 0.15) is 48.7 Å². The number of hydrogen-bond acceptors (Lipinski definition) is 4. The molecule has 2 aromatic rings. The van der Waals surface area contributed by atoms with E-state index in [-0.39, 0.29) is 10.8 Å². The molecule has 2 aromatic heterocycles. The van der Waals surface area contributed by atoms with E-state index >= 15 is 0 Å². The lowest BCUT2D eigenvalue weighted by atomic mass is 9.98. The Labute approximate surface area is 158 Å². The van der Waals surface area contributed by atoms with Gasteiger partial charge in [-0.1, -0.05) is 20.8 Å². The number of aryl methyl sites for hydroxylation is 1. The van der Waals surface area contributed by atoms with Crippen molar-refractivity contribution in [1.29, 1.82) is 0 Å². The molecule has 0 N–H and O–H groups in total. The first-order valence-electron chi connectivity index (χ1n) is 9.20. The number of aromatic nitrogens is 2. The summed E-state index contributed by atoms with van der Waals surface area (Å²) in [4.78, 5) is 20.8. The second kappa shape index (κ2) is 8.69. The van der Waals surface area contributed by atoms with Crippen LogP contribution in [0, 0.1) is 0 Å². The summed E-state index contributed by atoms with van der Waals surface area (Å²) in [6, 6.07) is 5.70. The molecule has 2 rings (SSSR count). The van der Waals surface area contributed by atoms with Crippen LogP contribution in [0.4, 0.5) is 0 Å². The summed E-state index contributed by atoms with van der Waals surface area (Å²) in [7, 11) is -1.71. The van der Waals surface area contributed by atoms with E-state index in [4.69, 9.17) is 4.43 Å². The summed E-state index contributed by atoms with van der Waals surface area (Å²) in [6.45, 7) is 12.0. The molecule has 140 valence electrons. The summed E-state index contributed by atoms with van der Waals surface area (Å²) in [5, 5.41) is 0.218. The summed E-state index contributed by atoms with van der Waals surface area (Å²) in [6.07, 6.45) is 8.99. The van der Waals surface area contributed by atoms with E-state index in [2.05, 4.69) is 43.8 Å². The molecule has 0 radical (unpaired) electrons. The summed E-state index contributed by atoms with van der Waals surface area (Å²) >= 11 is 0. The molecule has 26 heavy (non-hydrogen) atoms. The zero-order valence-corrected chi connectivity index (χ0v) is 17.6. The van der Waals surface area contributed by atoms with Crippen LogP contribution in [0.15, 0.2) is 43.0 Å². The van der Waals surface area contributed by atoms with Crippen LogP contribution in [0.3, 0.4) is 0 Å². The lowest BCUT2D eigenvalue weighted by molar-refractivity contribution is 0.0991. The van der Waals surface area contributed by atoms with Gasteiger partial charge in [-0.15, -0.1) is 0 Å². The van der Waals surface area contributed by atoms with Crippen LogP contribution >= 0.6 is 0 Å². The van der Waals surface area contributed by atoms with Crippen molar-refractivity contribution in [3.8, 4) is 0 Å². The third kappa shape index (κ3) is 5.58. The number of Topliss-reactive ketones (excluding diaryl/α,β-unsaturated/α-hetero) is 1. The number of rotatable bonds is 8. The molecule has 0 aliphatic carbocycles. The van der Waals surface area contributed by atoms with Crippen molar-refractivity contribution in [3.63, 3.8) is 0 Å². The molecule has 0 bridgehead atoms. The molecule has 0 aromatic carbocycles. The summed E-state index contributed by atoms with van der Waals surface area (Å²) < 4.78 is 6.24. The fraction of sp³-hybridized carbons (Fsp3) is 0.476. The van der Waals surface area contributed by atoms with E-state index in [1.807, 2.05) is 18.2 Å². The predicted molar refractivity (Wildman–Crippen MR) is 108 cm³/mol. The zero-order valence-electron chi connectivity index (χ0n) is 16.6. The van der Waals surface area contributed by atoms with E-state index in [1.54, 1.807) is 24.8 Å². The Balaban J connectivity index is 1.96. The number of hydrogen-bond donors (Lipinski definition) is 0. The van der Waals surface area contributed by atoms with Gasteiger partial charge in [0.25, 0.3) is 0 Å². The van der Waals surface area contributed by atoms with Gasteiger partial charge in [-0.2, -0.15) is 0 Å². The minimum absolute atomic E-state index is 0.101. The highest BCUT2D eigenvalue weighted by molar-refractivity contribution is 6.74. The van der Waals surface area contributed by atoms with E-state index in [0.29, 0.717) is 6.42 Å². The normalized spacial score (nSPS) is 12.2. The molecule has 2 heterocycles. The molecule has 4 nitrogen and oxygen atoms in total. The highest BCUT2D eigenvalue weighted by Crippen LogP contribution is 2.36. The molecule has 0 spiro atoms. The van der Waals surface area contributed by atoms with Crippen molar-refractivity contribution in [3.05, 3.63) is 59.7 Å². The Hall–Kier alpha value is -1.85. The number of pyridine rings is 2. The molecule has 0 amide bonds. The molecule has 0 unspecified atom stereocenters. The minimum Gasteiger partial charge on any atom is -0.417 e. The third-order valence-electron chi connectivity index (χ3n) is 5.19. The van der Waals surface area contributed by atoms with E-state index in [0.717, 1.165) is 36.1 Å². The quantitative estimate of drug-likeness (QED) is 0.378. The number of nitrogens with zero attached hydrogens (tertiary/aromatic N) is 2. The summed E-state index contributed by atoms with van der Waals surface area (Å²) in [5.41, 5.74) is 2.75. The van der Waals surface area contributed by atoms with Crippen LogP contribution in [-0.4, -0.2) is 30.7 Å². The van der Waals surface area contributed by atoms with Crippen molar-refractivity contribution >= 4 is 14.1 Å². The number of carbonyl (C=O) groups excluding carboxylic acids is 1. The van der Waals surface area contributed by atoms with E-state index in [1.165, 1.54) is 0 Å². The van der Waals surface area contributed by atoms with Crippen LogP contribution < -0.4 is 0 Å². The lowest BCUT2D eigenvalue weighted by Gasteiger charge is -2.36. The van der Waals surface area contributed by atoms with E-state index < -0.39 is 8.32 Å². The van der Waals surface area contributed by atoms with Crippen molar-refractivity contribution in [2.24, 2.45) is 0 Å². The Morgan fingerprint density at radius 1 is 1.08 bits per heavy atom. The first-order valence-corrected chi connectivity index (χ1v) is 12.1. The van der Waals surface area contributed by atoms with Crippen molar-refractivity contribution < 1.29 is 9.22 Å². The minimum atomic E-state index is -1.71. The molecule has 0 saturated carbocycles. The fourth-order valence-electron chi connectivity index (χ4n) is 2.48. The van der Waals surface area contributed by atoms with Gasteiger partial charge in [0, 0.05) is 43.4 Å². The first-order chi connectivity index (χ1) is 12.2. The first kappa shape index (κ1) is 20.5. The molecular formula is C21H30N2O2Si. The van der Waals surface area contributed by atoms with Gasteiger partial charge in [0.05, 0.1) is 0 Å². The van der Waals surface area contributed by atoms with Crippen molar-refractivity contribution in [2.45, 2.75) is 58.2 Å². The van der Waals surface area contributed by atoms with Gasteiger partial charge in [-0.25, -0.2) is 0 Å². The summed E-state index contributed by atoms with van der Waals surface area (Å²) in [5.74, 6) is 0.101. The van der Waals surface area contributed by atoms with Crippen LogP contribution in [0.2, 0.25) is 18.1 Å². The monoisotopic (exact) mass is 370 g/mol. The van der Waals surface area contributed by atoms with Gasteiger partial charge >= 0.3 is 0 Å². The van der Waals surface area contributed by atoms with Crippen molar-refractivity contribution in [2.75, 3.05) is 6.61 Å². The molecule has 0 aliphatic heterocycles. The SMILES string of the molecule is CC(C)(C)[Si](C)(C)OCCCc1ccncc1C(=O)Cc1ccncc1. The van der Waals surface area contributed by atoms with Gasteiger partial charge in [0.1, 0.15) is 0 Å². The zero-order chi connectivity index (χ0) is 19.2. The Kier molecular flexibility index (Phi) is 6.84. The Morgan fingerprint density at radius 3 is 2.38 bits per heavy atom. The molecule has 0 aliphatic rings. The molecule has 0 fully saturated rings. The van der Waals surface area contributed by atoms with Gasteiger partial charge in [-0.3, -0.25) is 14.8 Å². The average molecular weight is 371 g/mol. The maximum Gasteiger partial charge on any atom is 0.191 e. The lowest BCUT2D eigenvalue weighted by Crippen LogP contribution is -2.41. The Morgan fingerprint density at radius 2 is 1.73 bits per heavy atom. The number of carbonyl (C=O) groups is 1. The smallest absolute Gasteiger partial charge is 0.191 e. The molecular weight excluding hydrogens is 340 g/mol. The topological polar surface area (TPSA) is 52.1 Å². The fourth-order valence-corrected chi connectivity index (χ4v) is 3.57. The van der Waals surface area contributed by atoms with Gasteiger partial charge in [0.2, 0.25) is 0 Å². The maximum atomic E-state index is 12.7.